The number of aryl methyl sites for hydroxylation is 1. The van der Waals surface area contributed by atoms with Gasteiger partial charge < -0.3 is 14.6 Å². The van der Waals surface area contributed by atoms with Crippen LogP contribution in [0.2, 0.25) is 0 Å². The van der Waals surface area contributed by atoms with Crippen molar-refractivity contribution in [1.82, 2.24) is 20.1 Å². The molecule has 2 heterocycles. The fourth-order valence-electron chi connectivity index (χ4n) is 1.65. The summed E-state index contributed by atoms with van der Waals surface area (Å²) < 4.78 is 7.24. The highest BCUT2D eigenvalue weighted by atomic mass is 32.2. The van der Waals surface area contributed by atoms with Crippen molar-refractivity contribution in [2.24, 2.45) is 7.05 Å². The number of carbonyl (C=O) groups excluding carboxylic acids is 2. The zero-order valence-corrected chi connectivity index (χ0v) is 14.4. The van der Waals surface area contributed by atoms with Crippen LogP contribution in [0, 0.1) is 0 Å². The molecule has 2 aromatic heterocycles. The number of imide groups is 1. The Balaban J connectivity index is 1.76. The first-order valence-electron chi connectivity index (χ1n) is 6.74. The molecule has 0 fully saturated rings. The number of thioether (sulfide) groups is 1. The first-order chi connectivity index (χ1) is 11.1. The molecule has 0 aliphatic rings. The molecule has 0 spiro atoms. The number of ether oxygens (including phenoxy) is 1. The van der Waals surface area contributed by atoms with Crippen LogP contribution < -0.4 is 10.6 Å². The summed E-state index contributed by atoms with van der Waals surface area (Å²) >= 11 is 2.58. The van der Waals surface area contributed by atoms with Gasteiger partial charge in [0.05, 0.1) is 12.4 Å². The van der Waals surface area contributed by atoms with E-state index in [2.05, 4.69) is 20.8 Å². The summed E-state index contributed by atoms with van der Waals surface area (Å²) in [4.78, 5) is 23.7. The fraction of sp³-hybridized carbons (Fsp3) is 0.385. The standard InChI is InChI=1S/C13H17N5O3S2/c1-18-6-3-4-9(18)11(20)15-10(19)8-22-13-17-16-12(23-13)14-5-7-21-2/h3-4,6H,5,7-8H2,1-2H3,(H,14,16)(H,15,19,20). The van der Waals surface area contributed by atoms with Gasteiger partial charge in [-0.3, -0.25) is 14.9 Å². The molecule has 124 valence electrons. The van der Waals surface area contributed by atoms with Crippen LogP contribution in [0.5, 0.6) is 0 Å². The lowest BCUT2D eigenvalue weighted by atomic mass is 10.4. The molecule has 2 N–H and O–H groups in total. The zero-order valence-electron chi connectivity index (χ0n) is 12.7. The van der Waals surface area contributed by atoms with Gasteiger partial charge in [0.25, 0.3) is 5.91 Å². The lowest BCUT2D eigenvalue weighted by molar-refractivity contribution is -0.117. The van der Waals surface area contributed by atoms with Crippen molar-refractivity contribution in [2.75, 3.05) is 31.3 Å². The molecule has 0 aliphatic carbocycles. The summed E-state index contributed by atoms with van der Waals surface area (Å²) in [6.07, 6.45) is 1.74. The van der Waals surface area contributed by atoms with Gasteiger partial charge in [-0.05, 0) is 12.1 Å². The van der Waals surface area contributed by atoms with Crippen molar-refractivity contribution in [3.05, 3.63) is 24.0 Å². The van der Waals surface area contributed by atoms with Gasteiger partial charge in [-0.1, -0.05) is 23.1 Å². The van der Waals surface area contributed by atoms with Crippen molar-refractivity contribution in [3.8, 4) is 0 Å². The summed E-state index contributed by atoms with van der Waals surface area (Å²) in [5, 5.41) is 14.0. The van der Waals surface area contributed by atoms with Gasteiger partial charge in [-0.15, -0.1) is 10.2 Å². The highest BCUT2D eigenvalue weighted by Crippen LogP contribution is 2.25. The van der Waals surface area contributed by atoms with Gasteiger partial charge in [-0.2, -0.15) is 0 Å². The van der Waals surface area contributed by atoms with Crippen molar-refractivity contribution in [1.29, 1.82) is 0 Å². The number of anilines is 1. The van der Waals surface area contributed by atoms with Gasteiger partial charge in [0, 0.05) is 26.9 Å². The molecule has 0 radical (unpaired) electrons. The average molecular weight is 355 g/mol. The molecule has 10 heteroatoms. The maximum atomic E-state index is 11.9. The van der Waals surface area contributed by atoms with Crippen LogP contribution in [0.4, 0.5) is 5.13 Å². The average Bonchev–Trinajstić information content (AvgIpc) is 3.14. The van der Waals surface area contributed by atoms with Crippen LogP contribution in [0.25, 0.3) is 0 Å². The van der Waals surface area contributed by atoms with Gasteiger partial charge in [-0.25, -0.2) is 0 Å². The number of amides is 2. The minimum atomic E-state index is -0.415. The predicted molar refractivity (Wildman–Crippen MR) is 88.9 cm³/mol. The molecule has 2 rings (SSSR count). The fourth-order valence-corrected chi connectivity index (χ4v) is 3.23. The molecular formula is C13H17N5O3S2. The second-order valence-electron chi connectivity index (χ2n) is 4.46. The van der Waals surface area contributed by atoms with E-state index in [4.69, 9.17) is 4.74 Å². The predicted octanol–water partition coefficient (Wildman–Crippen LogP) is 0.984. The number of nitrogens with zero attached hydrogens (tertiary/aromatic N) is 3. The van der Waals surface area contributed by atoms with Gasteiger partial charge >= 0.3 is 0 Å². The molecule has 2 amide bonds. The Morgan fingerprint density at radius 1 is 1.43 bits per heavy atom. The molecule has 0 aromatic carbocycles. The van der Waals surface area contributed by atoms with E-state index in [1.807, 2.05) is 0 Å². The second-order valence-corrected chi connectivity index (χ2v) is 6.66. The molecule has 0 aliphatic heterocycles. The lowest BCUT2D eigenvalue weighted by Crippen LogP contribution is -2.32. The van der Waals surface area contributed by atoms with Crippen LogP contribution >= 0.6 is 23.1 Å². The Labute approximate surface area is 141 Å². The summed E-state index contributed by atoms with van der Waals surface area (Å²) in [7, 11) is 3.37. The van der Waals surface area contributed by atoms with Gasteiger partial charge in [0.2, 0.25) is 11.0 Å². The van der Waals surface area contributed by atoms with Crippen LogP contribution in [-0.4, -0.2) is 52.6 Å². The largest absolute Gasteiger partial charge is 0.383 e. The molecule has 0 atom stereocenters. The van der Waals surface area contributed by atoms with Crippen LogP contribution in [0.3, 0.4) is 0 Å². The van der Waals surface area contributed by atoms with E-state index in [1.54, 1.807) is 37.1 Å². The van der Waals surface area contributed by atoms with Crippen molar-refractivity contribution >= 4 is 40.0 Å². The number of rotatable bonds is 8. The third-order valence-corrected chi connectivity index (χ3v) is 4.76. The monoisotopic (exact) mass is 355 g/mol. The third-order valence-electron chi connectivity index (χ3n) is 2.74. The Kier molecular flexibility index (Phi) is 6.56. The number of nitrogens with one attached hydrogen (secondary N) is 2. The summed E-state index contributed by atoms with van der Waals surface area (Å²) in [6, 6.07) is 3.39. The SMILES string of the molecule is COCCNc1nnc(SCC(=O)NC(=O)c2cccn2C)s1. The second kappa shape index (κ2) is 8.65. The molecule has 0 saturated heterocycles. The number of hydrogen-bond acceptors (Lipinski definition) is 8. The van der Waals surface area contributed by atoms with Crippen LogP contribution in [0.1, 0.15) is 10.5 Å². The van der Waals surface area contributed by atoms with Crippen molar-refractivity contribution < 1.29 is 14.3 Å². The lowest BCUT2D eigenvalue weighted by Gasteiger charge is -2.04. The molecule has 8 nitrogen and oxygen atoms in total. The Bertz CT molecular complexity index is 670. The molecule has 0 saturated carbocycles. The number of aromatic nitrogens is 3. The molecule has 0 unspecified atom stereocenters. The Morgan fingerprint density at radius 3 is 2.96 bits per heavy atom. The van der Waals surface area contributed by atoms with E-state index >= 15 is 0 Å². The Morgan fingerprint density at radius 2 is 2.26 bits per heavy atom. The molecular weight excluding hydrogens is 338 g/mol. The van der Waals surface area contributed by atoms with Crippen molar-refractivity contribution in [2.45, 2.75) is 4.34 Å². The number of methoxy groups -OCH3 is 1. The first kappa shape index (κ1) is 17.4. The van der Waals surface area contributed by atoms with E-state index in [9.17, 15) is 9.59 Å². The maximum Gasteiger partial charge on any atom is 0.274 e. The smallest absolute Gasteiger partial charge is 0.274 e. The summed E-state index contributed by atoms with van der Waals surface area (Å²) in [5.74, 6) is -0.685. The topological polar surface area (TPSA) is 98.1 Å². The third kappa shape index (κ3) is 5.34. The molecule has 2 aromatic rings. The summed E-state index contributed by atoms with van der Waals surface area (Å²) in [6.45, 7) is 1.22. The Hall–Kier alpha value is -1.91. The zero-order chi connectivity index (χ0) is 16.7. The van der Waals surface area contributed by atoms with E-state index in [0.29, 0.717) is 28.3 Å². The minimum absolute atomic E-state index is 0.100. The summed E-state index contributed by atoms with van der Waals surface area (Å²) in [5.41, 5.74) is 0.434. The van der Waals surface area contributed by atoms with Crippen molar-refractivity contribution in [3.63, 3.8) is 0 Å². The van der Waals surface area contributed by atoms with E-state index < -0.39 is 5.91 Å². The normalized spacial score (nSPS) is 10.5. The van der Waals surface area contributed by atoms with Gasteiger partial charge in [0.1, 0.15) is 5.69 Å². The minimum Gasteiger partial charge on any atom is -0.383 e. The highest BCUT2D eigenvalue weighted by Gasteiger charge is 2.14. The quantitative estimate of drug-likeness (QED) is 0.538. The van der Waals surface area contributed by atoms with E-state index in [0.717, 1.165) is 0 Å². The number of hydrogen-bond donors (Lipinski definition) is 2. The first-order valence-corrected chi connectivity index (χ1v) is 8.55. The van der Waals surface area contributed by atoms with Crippen LogP contribution in [0.15, 0.2) is 22.7 Å². The molecule has 0 bridgehead atoms. The highest BCUT2D eigenvalue weighted by molar-refractivity contribution is 8.01. The number of carbonyl (C=O) groups is 2. The van der Waals surface area contributed by atoms with Crippen LogP contribution in [-0.2, 0) is 16.6 Å². The molecule has 23 heavy (non-hydrogen) atoms. The van der Waals surface area contributed by atoms with E-state index in [1.165, 1.54) is 23.1 Å². The maximum absolute atomic E-state index is 11.9. The van der Waals surface area contributed by atoms with E-state index in [-0.39, 0.29) is 11.7 Å². The van der Waals surface area contributed by atoms with Gasteiger partial charge in [0.15, 0.2) is 4.34 Å².